The number of halogens is 19. The van der Waals surface area contributed by atoms with E-state index in [-0.39, 0.29) is 147 Å². The molecule has 49 heteroatoms. The van der Waals surface area contributed by atoms with Crippen molar-refractivity contribution in [3.05, 3.63) is 246 Å². The second-order valence-electron chi connectivity index (χ2n) is 33.6. The first kappa shape index (κ1) is 107. The standard InChI is InChI=1S/C33H28F6N4O4.C20H16F3N3O.C14H17F3N2O4.C12H13F3N2O4.C10H11F3N2O2.C4H7BrO2/c34-21-11-18(12-22(35)15-21)10-20(29-24(2-1-7-41-29)19-3-4-27(36)25(14-19)31(40)45)13-23(44)17-43-28-5-6-32(46-8-9-47-32)16-26(28)30(42-43)33(37,38)39;21-13-6-11(7-14(22)10-13)8-18(24)19-15(2-1-5-26-19)12-3-4-17(23)16(9-12)20(25)27;1-2-21-11(20)8-19-10-3-4-13(22-5-6-23-13)7-9(10)12(18-19)14(15,16)17;13-12(14,15)10-7-5-11(20-3-4-21-11)2-1-8(7)17(16-10)6-9(18)19;11-10(12,13)8-6-5-9(16-3-4-17-9)2-1-7(6)14-15-8;1-2-7-4(6)3-5/h1-4,7,11-12,14-15,20H,5-6,8-10,13,16-17H2,(H2,40,45);1-7,9-10,18H,8,24H2,(H2,25,27);2-8H2,1H3;1-6H2,(H,18,19);1-5H2,(H,14,15);2-3H2,1H3/t20-;18-;;;;/m10..../s1. The number of aromatic nitrogens is 10. The van der Waals surface area contributed by atoms with Gasteiger partial charge in [0.2, 0.25) is 0 Å². The number of aryl methyl sites for hydroxylation is 1. The number of esters is 2. The third kappa shape index (κ3) is 26.1. The van der Waals surface area contributed by atoms with Crippen molar-refractivity contribution in [1.82, 2.24) is 49.5 Å². The number of nitrogens with zero attached hydrogens (tertiary/aromatic N) is 9. The van der Waals surface area contributed by atoms with E-state index in [0.29, 0.717) is 140 Å². The summed E-state index contributed by atoms with van der Waals surface area (Å²) in [7, 11) is 0. The molecule has 10 heterocycles. The Labute approximate surface area is 804 Å². The van der Waals surface area contributed by atoms with E-state index in [9.17, 15) is 108 Å². The summed E-state index contributed by atoms with van der Waals surface area (Å²) in [6, 6.07) is 19.6. The van der Waals surface area contributed by atoms with Crippen molar-refractivity contribution in [1.29, 1.82) is 0 Å². The summed E-state index contributed by atoms with van der Waals surface area (Å²) >= 11 is 2.94. The van der Waals surface area contributed by atoms with E-state index in [2.05, 4.69) is 56.1 Å². The zero-order valence-corrected chi connectivity index (χ0v) is 77.1. The number of aliphatic carboxylic acids is 1. The number of fused-ring (bicyclic) bond motifs is 4. The number of carbonyl (C=O) groups is 6. The highest BCUT2D eigenvalue weighted by molar-refractivity contribution is 9.09. The van der Waals surface area contributed by atoms with Gasteiger partial charge in [-0.05, 0) is 135 Å². The summed E-state index contributed by atoms with van der Waals surface area (Å²) < 4.78 is 299. The van der Waals surface area contributed by atoms with E-state index < -0.39 is 160 Å². The zero-order chi connectivity index (χ0) is 103. The van der Waals surface area contributed by atoms with Crippen molar-refractivity contribution in [3.63, 3.8) is 0 Å². The molecule has 4 aromatic carbocycles. The first-order chi connectivity index (χ1) is 67.1. The average molecular weight is 2090 g/mol. The van der Waals surface area contributed by atoms with Crippen LogP contribution in [-0.4, -0.2) is 185 Å². The maximum Gasteiger partial charge on any atom is 0.435 e. The Balaban J connectivity index is 0.000000154. The van der Waals surface area contributed by atoms with Gasteiger partial charge in [-0.3, -0.25) is 57.9 Å². The van der Waals surface area contributed by atoms with E-state index in [0.717, 1.165) is 44.4 Å². The summed E-state index contributed by atoms with van der Waals surface area (Å²) in [4.78, 5) is 78.1. The highest BCUT2D eigenvalue weighted by Gasteiger charge is 2.53. The number of alkyl halides is 13. The number of nitrogens with one attached hydrogen (secondary N) is 1. The Bertz CT molecular complexity index is 6200. The fraction of sp³-hybridized carbons (Fsp3) is 0.441. The number of hydrogen-bond donors (Lipinski definition) is 5. The molecule has 4 aliphatic heterocycles. The van der Waals surface area contributed by atoms with Crippen LogP contribution >= 0.6 is 15.9 Å². The third-order valence-electron chi connectivity index (χ3n) is 23.9. The molecule has 0 saturated carbocycles. The number of Topliss-reactive ketones (excluding diaryl/α,β-unsaturated/α-hetero) is 1. The number of hydrogen-bond acceptors (Lipinski definition) is 23. The Kier molecular flexibility index (Phi) is 33.8. The van der Waals surface area contributed by atoms with Crippen LogP contribution in [0.15, 0.2) is 109 Å². The van der Waals surface area contributed by atoms with Gasteiger partial charge in [0.05, 0.1) is 101 Å². The lowest BCUT2D eigenvalue weighted by atomic mass is 9.86. The second kappa shape index (κ2) is 44.8. The molecule has 0 radical (unpaired) electrons. The molecule has 8 aliphatic rings. The number of nitrogens with two attached hydrogens (primary N) is 3. The van der Waals surface area contributed by atoms with Crippen LogP contribution in [0, 0.1) is 34.9 Å². The Morgan fingerprint density at radius 3 is 1.20 bits per heavy atom. The minimum atomic E-state index is -4.79. The predicted molar refractivity (Wildman–Crippen MR) is 462 cm³/mol. The SMILES string of the molecule is CCOC(=O)CBr.CCOC(=O)Cn1nc(C(F)(F)F)c2c1CCC1(C2)OCCO1.FC(F)(F)c1n[nH]c2c1CC1(CC2)OCCO1.NC(=O)c1cc(-c2cccnc2[C@@H](CC(=O)Cn2nc(C(F)(F)F)c3c2CCC2(C3)OCCO2)Cc2cc(F)cc(F)c2)ccc1F.NC(=O)c1cc(-c2cccnc2[C@@H](N)Cc2cc(F)cc(F)c2)ccc1F.O=C(O)Cn1nc(C(F)(F)F)c2c1CCC1(C2)OCCO1. The molecule has 30 nitrogen and oxygen atoms in total. The van der Waals surface area contributed by atoms with Gasteiger partial charge in [-0.25, -0.2) is 26.3 Å². The summed E-state index contributed by atoms with van der Waals surface area (Å²) in [5.41, 5.74) is 16.9. The van der Waals surface area contributed by atoms with Crippen LogP contribution in [0.1, 0.15) is 169 Å². The topological polar surface area (TPSA) is 401 Å². The van der Waals surface area contributed by atoms with Crippen molar-refractivity contribution >= 4 is 51.4 Å². The molecule has 4 saturated heterocycles. The number of carboxylic acid groups (broad SMARTS) is 1. The van der Waals surface area contributed by atoms with E-state index in [1.165, 1.54) is 48.8 Å². The van der Waals surface area contributed by atoms with Crippen LogP contribution in [0.2, 0.25) is 0 Å². The van der Waals surface area contributed by atoms with Crippen LogP contribution in [0.3, 0.4) is 0 Å². The van der Waals surface area contributed by atoms with Gasteiger partial charge in [0.1, 0.15) is 53.3 Å². The lowest BCUT2D eigenvalue weighted by molar-refractivity contribution is -0.168. The van der Waals surface area contributed by atoms with Gasteiger partial charge < -0.3 is 69.7 Å². The number of ether oxygens (including phenoxy) is 10. The first-order valence-electron chi connectivity index (χ1n) is 44.2. The third-order valence-corrected chi connectivity index (χ3v) is 24.4. The molecule has 18 rings (SSSR count). The van der Waals surface area contributed by atoms with Gasteiger partial charge in [0.25, 0.3) is 11.8 Å². The molecule has 6 aromatic heterocycles. The van der Waals surface area contributed by atoms with Crippen molar-refractivity contribution in [2.75, 3.05) is 71.4 Å². The number of H-pyrrole nitrogens is 1. The molecule has 2 amide bonds. The number of rotatable bonds is 21. The smallest absolute Gasteiger partial charge is 0.435 e. The van der Waals surface area contributed by atoms with Crippen molar-refractivity contribution in [2.24, 2.45) is 17.2 Å². The number of aromatic amines is 1. The van der Waals surface area contributed by atoms with E-state index in [1.54, 1.807) is 38.1 Å². The fourth-order valence-electron chi connectivity index (χ4n) is 18.0. The highest BCUT2D eigenvalue weighted by atomic mass is 79.9. The lowest BCUT2D eigenvalue weighted by Gasteiger charge is -2.32. The lowest BCUT2D eigenvalue weighted by Crippen LogP contribution is -2.38. The molecule has 0 unspecified atom stereocenters. The normalized spacial score (nSPS) is 17.1. The van der Waals surface area contributed by atoms with Gasteiger partial charge >= 0.3 is 42.6 Å². The number of amides is 2. The van der Waals surface area contributed by atoms with Crippen molar-refractivity contribution < 1.29 is 160 Å². The minimum Gasteiger partial charge on any atom is -0.480 e. The predicted octanol–water partition coefficient (Wildman–Crippen LogP) is 14.7. The molecule has 10 aromatic rings. The number of carbonyl (C=O) groups excluding carboxylic acids is 5. The van der Waals surface area contributed by atoms with E-state index in [1.807, 2.05) is 0 Å². The number of primary amides is 2. The molecular weight excluding hydrogens is 1990 g/mol. The molecular formula is C93H92BrF18N13O17. The zero-order valence-electron chi connectivity index (χ0n) is 75.5. The molecule has 4 fully saturated rings. The number of pyridine rings is 2. The van der Waals surface area contributed by atoms with Crippen LogP contribution in [0.25, 0.3) is 22.3 Å². The number of carboxylic acids is 1. The maximum atomic E-state index is 14.3. The van der Waals surface area contributed by atoms with Crippen LogP contribution in [0.5, 0.6) is 0 Å². The largest absolute Gasteiger partial charge is 0.480 e. The van der Waals surface area contributed by atoms with Gasteiger partial charge in [-0.1, -0.05) is 40.2 Å². The molecule has 4 spiro atoms. The summed E-state index contributed by atoms with van der Waals surface area (Å²) in [6.07, 6.45) is -13.0. The highest BCUT2D eigenvalue weighted by Crippen LogP contribution is 2.48. The van der Waals surface area contributed by atoms with Crippen LogP contribution in [-0.2, 0) is 175 Å². The Morgan fingerprint density at radius 2 is 0.824 bits per heavy atom. The Morgan fingerprint density at radius 1 is 0.465 bits per heavy atom. The van der Waals surface area contributed by atoms with Crippen molar-refractivity contribution in [3.8, 4) is 22.3 Å². The molecule has 142 heavy (non-hydrogen) atoms. The quantitative estimate of drug-likeness (QED) is 0.0253. The molecule has 4 aliphatic carbocycles. The Hall–Kier alpha value is -12.1. The maximum absolute atomic E-state index is 14.3. The van der Waals surface area contributed by atoms with Gasteiger partial charge in [-0.15, -0.1) is 0 Å². The summed E-state index contributed by atoms with van der Waals surface area (Å²) in [5, 5.41) is 25.8. The summed E-state index contributed by atoms with van der Waals surface area (Å²) in [5.74, 6) is -14.0. The van der Waals surface area contributed by atoms with Gasteiger partial charge in [0, 0.05) is 144 Å². The monoisotopic (exact) mass is 2080 g/mol. The first-order valence-corrected chi connectivity index (χ1v) is 45.3. The van der Waals surface area contributed by atoms with Crippen LogP contribution in [0.4, 0.5) is 79.0 Å². The molecule has 764 valence electrons. The van der Waals surface area contributed by atoms with E-state index >= 15 is 0 Å². The minimum absolute atomic E-state index is 0.0139. The summed E-state index contributed by atoms with van der Waals surface area (Å²) in [6.45, 7) is 5.44. The molecule has 8 N–H and O–H groups in total. The van der Waals surface area contributed by atoms with E-state index in [4.69, 9.17) is 64.9 Å². The van der Waals surface area contributed by atoms with Crippen LogP contribution < -0.4 is 17.2 Å². The molecule has 2 atom stereocenters. The second-order valence-corrected chi connectivity index (χ2v) is 34.2. The van der Waals surface area contributed by atoms with Gasteiger partial charge in [0.15, 0.2) is 51.7 Å². The fourth-order valence-corrected chi connectivity index (χ4v) is 18.1. The number of ketones is 1. The number of benzene rings is 4. The average Bonchev–Trinajstić information content (AvgIpc) is 1.61. The molecule has 0 bridgehead atoms. The van der Waals surface area contributed by atoms with Gasteiger partial charge in [-0.2, -0.15) is 73.1 Å². The van der Waals surface area contributed by atoms with Crippen molar-refractivity contribution in [2.45, 2.75) is 190 Å².